The molecule has 0 bridgehead atoms. The van der Waals surface area contributed by atoms with Crippen molar-refractivity contribution in [2.75, 3.05) is 10.6 Å². The number of halogens is 1. The monoisotopic (exact) mass is 379 g/mol. The maximum atomic E-state index is 13.2. The summed E-state index contributed by atoms with van der Waals surface area (Å²) in [7, 11) is -3.90. The van der Waals surface area contributed by atoms with Crippen molar-refractivity contribution in [2.24, 2.45) is 0 Å². The molecule has 0 spiro atoms. The lowest BCUT2D eigenvalue weighted by molar-refractivity contribution is -0.138. The van der Waals surface area contributed by atoms with E-state index in [0.29, 0.717) is 0 Å². The van der Waals surface area contributed by atoms with Gasteiger partial charge in [-0.1, -0.05) is 17.7 Å². The van der Waals surface area contributed by atoms with Crippen molar-refractivity contribution in [3.05, 3.63) is 64.5 Å². The zero-order chi connectivity index (χ0) is 19.6. The van der Waals surface area contributed by atoms with Crippen molar-refractivity contribution < 1.29 is 22.7 Å². The lowest BCUT2D eigenvalue weighted by Gasteiger charge is -2.29. The number of sulfonamides is 1. The summed E-state index contributed by atoms with van der Waals surface area (Å²) in [6.07, 6.45) is 0.957. The molecule has 0 aliphatic heterocycles. The number of carbonyl (C=O) groups is 1. The quantitative estimate of drug-likeness (QED) is 0.836. The van der Waals surface area contributed by atoms with E-state index in [1.54, 1.807) is 0 Å². The van der Waals surface area contributed by atoms with Crippen LogP contribution in [0.5, 0.6) is 0 Å². The molecule has 1 atom stereocenters. The van der Waals surface area contributed by atoms with Gasteiger partial charge in [0.1, 0.15) is 11.9 Å². The first kappa shape index (κ1) is 19.9. The Balaban J connectivity index is 2.55. The van der Waals surface area contributed by atoms with Crippen molar-refractivity contribution in [3.63, 3.8) is 0 Å². The second kappa shape index (κ2) is 7.45. The van der Waals surface area contributed by atoms with Gasteiger partial charge in [-0.2, -0.15) is 0 Å². The first-order valence-corrected chi connectivity index (χ1v) is 9.90. The topological polar surface area (TPSA) is 74.7 Å². The van der Waals surface area contributed by atoms with E-state index in [1.807, 2.05) is 32.9 Å². The van der Waals surface area contributed by atoms with Crippen LogP contribution in [0.2, 0.25) is 0 Å². The molecule has 0 heterocycles. The Morgan fingerprint density at radius 3 is 2.04 bits per heavy atom. The third-order valence-electron chi connectivity index (χ3n) is 4.24. The second-order valence-corrected chi connectivity index (χ2v) is 8.33. The van der Waals surface area contributed by atoms with Gasteiger partial charge in [0.2, 0.25) is 10.0 Å². The predicted molar refractivity (Wildman–Crippen MR) is 99.5 cm³/mol. The van der Waals surface area contributed by atoms with Gasteiger partial charge in [0.25, 0.3) is 0 Å². The Morgan fingerprint density at radius 1 is 1.12 bits per heavy atom. The lowest BCUT2D eigenvalue weighted by atomic mass is 9.94. The number of hydrogen-bond acceptors (Lipinski definition) is 3. The van der Waals surface area contributed by atoms with Gasteiger partial charge in [-0.05, 0) is 61.7 Å². The van der Waals surface area contributed by atoms with Crippen LogP contribution in [0.15, 0.2) is 36.4 Å². The van der Waals surface area contributed by atoms with Crippen LogP contribution in [0.3, 0.4) is 0 Å². The number of aliphatic carboxylic acids is 1. The summed E-state index contributed by atoms with van der Waals surface area (Å²) in [4.78, 5) is 11.9. The first-order valence-electron chi connectivity index (χ1n) is 8.05. The van der Waals surface area contributed by atoms with E-state index in [2.05, 4.69) is 0 Å². The van der Waals surface area contributed by atoms with Gasteiger partial charge in [-0.25, -0.2) is 17.6 Å². The largest absolute Gasteiger partial charge is 0.480 e. The summed E-state index contributed by atoms with van der Waals surface area (Å²) < 4.78 is 38.7. The van der Waals surface area contributed by atoms with Crippen LogP contribution in [0.1, 0.15) is 22.3 Å². The minimum absolute atomic E-state index is 0.0116. The van der Waals surface area contributed by atoms with Crippen LogP contribution in [-0.2, 0) is 21.2 Å². The Labute approximate surface area is 153 Å². The van der Waals surface area contributed by atoms with Crippen molar-refractivity contribution in [3.8, 4) is 0 Å². The van der Waals surface area contributed by atoms with Crippen molar-refractivity contribution >= 4 is 21.7 Å². The maximum Gasteiger partial charge on any atom is 0.327 e. The highest BCUT2D eigenvalue weighted by molar-refractivity contribution is 7.92. The van der Waals surface area contributed by atoms with Crippen LogP contribution < -0.4 is 4.31 Å². The van der Waals surface area contributed by atoms with Gasteiger partial charge in [-0.3, -0.25) is 4.31 Å². The van der Waals surface area contributed by atoms with Crippen molar-refractivity contribution in [1.29, 1.82) is 0 Å². The maximum absolute atomic E-state index is 13.2. The van der Waals surface area contributed by atoms with Gasteiger partial charge in [-0.15, -0.1) is 0 Å². The molecule has 140 valence electrons. The normalized spacial score (nSPS) is 12.7. The minimum Gasteiger partial charge on any atom is -0.480 e. The third-order valence-corrected chi connectivity index (χ3v) is 5.42. The standard InChI is InChI=1S/C19H22FNO4S/c1-12-9-13(2)17(14(3)10-12)11-18(19(22)23)21(26(4,24)25)16-7-5-15(20)6-8-16/h5-10,18H,11H2,1-4H3,(H,22,23). The van der Waals surface area contributed by atoms with Gasteiger partial charge >= 0.3 is 5.97 Å². The summed E-state index contributed by atoms with van der Waals surface area (Å²) in [6.45, 7) is 5.69. The Kier molecular flexibility index (Phi) is 5.71. The lowest BCUT2D eigenvalue weighted by Crippen LogP contribution is -2.46. The highest BCUT2D eigenvalue weighted by Gasteiger charge is 2.33. The molecule has 0 aliphatic rings. The number of rotatable bonds is 6. The Bertz CT molecular complexity index is 900. The van der Waals surface area contributed by atoms with Crippen LogP contribution in [0.4, 0.5) is 10.1 Å². The molecule has 0 saturated carbocycles. The molecular weight excluding hydrogens is 357 g/mol. The minimum atomic E-state index is -3.90. The fourth-order valence-electron chi connectivity index (χ4n) is 3.19. The zero-order valence-corrected chi connectivity index (χ0v) is 16.0. The van der Waals surface area contributed by atoms with E-state index in [-0.39, 0.29) is 12.1 Å². The van der Waals surface area contributed by atoms with Crippen LogP contribution in [0, 0.1) is 26.6 Å². The van der Waals surface area contributed by atoms with E-state index < -0.39 is 27.9 Å². The molecule has 0 amide bonds. The predicted octanol–water partition coefficient (Wildman–Crippen LogP) is 3.21. The van der Waals surface area contributed by atoms with Crippen molar-refractivity contribution in [1.82, 2.24) is 0 Å². The molecule has 0 saturated heterocycles. The summed E-state index contributed by atoms with van der Waals surface area (Å²) in [6, 6.07) is 7.27. The fourth-order valence-corrected chi connectivity index (χ4v) is 4.32. The van der Waals surface area contributed by atoms with E-state index in [4.69, 9.17) is 0 Å². The van der Waals surface area contributed by atoms with Crippen LogP contribution >= 0.6 is 0 Å². The Morgan fingerprint density at radius 2 is 1.62 bits per heavy atom. The average molecular weight is 379 g/mol. The average Bonchev–Trinajstić information content (AvgIpc) is 2.49. The third kappa shape index (κ3) is 4.40. The molecule has 26 heavy (non-hydrogen) atoms. The molecule has 7 heteroatoms. The molecule has 0 aliphatic carbocycles. The zero-order valence-electron chi connectivity index (χ0n) is 15.2. The highest BCUT2D eigenvalue weighted by Crippen LogP contribution is 2.26. The smallest absolute Gasteiger partial charge is 0.327 e. The summed E-state index contributed by atoms with van der Waals surface area (Å²) >= 11 is 0. The summed E-state index contributed by atoms with van der Waals surface area (Å²) in [5, 5.41) is 9.74. The number of aryl methyl sites for hydroxylation is 3. The number of hydrogen-bond donors (Lipinski definition) is 1. The molecule has 2 rings (SSSR count). The highest BCUT2D eigenvalue weighted by atomic mass is 32.2. The van der Waals surface area contributed by atoms with E-state index in [0.717, 1.165) is 44.9 Å². The molecule has 0 aromatic heterocycles. The van der Waals surface area contributed by atoms with Crippen molar-refractivity contribution in [2.45, 2.75) is 33.2 Å². The molecule has 1 N–H and O–H groups in total. The number of benzene rings is 2. The molecular formula is C19H22FNO4S. The molecule has 0 fully saturated rings. The van der Waals surface area contributed by atoms with E-state index >= 15 is 0 Å². The molecule has 1 unspecified atom stereocenters. The Hall–Kier alpha value is -2.41. The molecule has 2 aromatic carbocycles. The van der Waals surface area contributed by atoms with E-state index in [9.17, 15) is 22.7 Å². The first-order chi connectivity index (χ1) is 12.0. The molecule has 0 radical (unpaired) electrons. The van der Waals surface area contributed by atoms with Gasteiger partial charge < -0.3 is 5.11 Å². The van der Waals surface area contributed by atoms with Gasteiger partial charge in [0.05, 0.1) is 11.9 Å². The second-order valence-electron chi connectivity index (χ2n) is 6.47. The van der Waals surface area contributed by atoms with Crippen LogP contribution in [-0.4, -0.2) is 31.8 Å². The number of carboxylic acids is 1. The SMILES string of the molecule is Cc1cc(C)c(CC(C(=O)O)N(c2ccc(F)cc2)S(C)(=O)=O)c(C)c1. The number of nitrogens with zero attached hydrogens (tertiary/aromatic N) is 1. The van der Waals surface area contributed by atoms with Crippen LogP contribution in [0.25, 0.3) is 0 Å². The summed E-state index contributed by atoms with van der Waals surface area (Å²) in [5.41, 5.74) is 3.76. The number of carboxylic acid groups (broad SMARTS) is 1. The summed E-state index contributed by atoms with van der Waals surface area (Å²) in [5.74, 6) is -1.79. The van der Waals surface area contributed by atoms with Gasteiger partial charge in [0.15, 0.2) is 0 Å². The van der Waals surface area contributed by atoms with E-state index in [1.165, 1.54) is 12.1 Å². The number of anilines is 1. The molecule has 2 aromatic rings. The molecule has 5 nitrogen and oxygen atoms in total. The fraction of sp³-hybridized carbons (Fsp3) is 0.316. The van der Waals surface area contributed by atoms with Gasteiger partial charge in [0, 0.05) is 6.42 Å².